The van der Waals surface area contributed by atoms with Gasteiger partial charge in [-0.3, -0.25) is 9.69 Å². The summed E-state index contributed by atoms with van der Waals surface area (Å²) in [6.45, 7) is 2.20. The average molecular weight is 349 g/mol. The van der Waals surface area contributed by atoms with Crippen molar-refractivity contribution < 1.29 is 4.79 Å². The molecular formula is C20H23N5O. The molecule has 3 aromatic rings. The SMILES string of the molecule is CN1Cc2ccccc2CC1C(=O)NCCCn1nnc2ccccc21. The maximum absolute atomic E-state index is 12.6. The highest BCUT2D eigenvalue weighted by Gasteiger charge is 2.28. The summed E-state index contributed by atoms with van der Waals surface area (Å²) in [4.78, 5) is 14.7. The van der Waals surface area contributed by atoms with Crippen LogP contribution in [0.3, 0.4) is 0 Å². The van der Waals surface area contributed by atoms with Crippen LogP contribution in [-0.2, 0) is 24.3 Å². The second kappa shape index (κ2) is 7.25. The lowest BCUT2D eigenvalue weighted by Crippen LogP contribution is -2.48. The number of hydrogen-bond acceptors (Lipinski definition) is 4. The molecule has 1 amide bonds. The Morgan fingerprint density at radius 2 is 1.92 bits per heavy atom. The van der Waals surface area contributed by atoms with E-state index in [-0.39, 0.29) is 11.9 Å². The number of carbonyl (C=O) groups excluding carboxylic acids is 1. The Balaban J connectivity index is 1.30. The van der Waals surface area contributed by atoms with Gasteiger partial charge in [-0.05, 0) is 43.1 Å². The summed E-state index contributed by atoms with van der Waals surface area (Å²) in [5.41, 5.74) is 4.53. The molecule has 1 aliphatic heterocycles. The van der Waals surface area contributed by atoms with Gasteiger partial charge in [-0.2, -0.15) is 0 Å². The van der Waals surface area contributed by atoms with Gasteiger partial charge in [-0.1, -0.05) is 41.6 Å². The van der Waals surface area contributed by atoms with Gasteiger partial charge in [0.05, 0.1) is 11.6 Å². The highest BCUT2D eigenvalue weighted by Crippen LogP contribution is 2.21. The topological polar surface area (TPSA) is 63.1 Å². The number of likely N-dealkylation sites (N-methyl/N-ethyl adjacent to an activating group) is 1. The molecule has 1 aliphatic rings. The second-order valence-electron chi connectivity index (χ2n) is 6.85. The fourth-order valence-electron chi connectivity index (χ4n) is 3.59. The summed E-state index contributed by atoms with van der Waals surface area (Å²) < 4.78 is 1.89. The molecule has 6 nitrogen and oxygen atoms in total. The molecular weight excluding hydrogens is 326 g/mol. The van der Waals surface area contributed by atoms with Crippen molar-refractivity contribution in [1.82, 2.24) is 25.2 Å². The second-order valence-corrected chi connectivity index (χ2v) is 6.85. The van der Waals surface area contributed by atoms with E-state index >= 15 is 0 Å². The summed E-state index contributed by atoms with van der Waals surface area (Å²) in [6.07, 6.45) is 1.60. The van der Waals surface area contributed by atoms with Crippen LogP contribution in [0.4, 0.5) is 0 Å². The first-order valence-corrected chi connectivity index (χ1v) is 9.05. The first-order chi connectivity index (χ1) is 12.7. The van der Waals surface area contributed by atoms with E-state index in [0.29, 0.717) is 6.54 Å². The number of rotatable bonds is 5. The van der Waals surface area contributed by atoms with Crippen LogP contribution in [0.2, 0.25) is 0 Å². The highest BCUT2D eigenvalue weighted by atomic mass is 16.2. The standard InChI is InChI=1S/C20H23N5O/c1-24-14-16-8-3-2-7-15(16)13-19(24)20(26)21-11-6-12-25-18-10-5-4-9-17(18)22-23-25/h2-5,7-10,19H,6,11-14H2,1H3,(H,21,26). The van der Waals surface area contributed by atoms with Crippen LogP contribution >= 0.6 is 0 Å². The van der Waals surface area contributed by atoms with E-state index in [4.69, 9.17) is 0 Å². The Bertz CT molecular complexity index is 919. The molecule has 4 rings (SSSR count). The summed E-state index contributed by atoms with van der Waals surface area (Å²) in [7, 11) is 2.02. The van der Waals surface area contributed by atoms with Crippen molar-refractivity contribution >= 4 is 16.9 Å². The predicted molar refractivity (Wildman–Crippen MR) is 101 cm³/mol. The fraction of sp³-hybridized carbons (Fsp3) is 0.350. The first kappa shape index (κ1) is 16.7. The maximum Gasteiger partial charge on any atom is 0.237 e. The molecule has 2 aromatic carbocycles. The lowest BCUT2D eigenvalue weighted by atomic mass is 9.94. The van der Waals surface area contributed by atoms with Crippen molar-refractivity contribution in [3.63, 3.8) is 0 Å². The van der Waals surface area contributed by atoms with Crippen LogP contribution in [0, 0.1) is 0 Å². The van der Waals surface area contributed by atoms with Gasteiger partial charge in [0.2, 0.25) is 5.91 Å². The van der Waals surface area contributed by atoms with E-state index in [9.17, 15) is 4.79 Å². The quantitative estimate of drug-likeness (QED) is 0.716. The van der Waals surface area contributed by atoms with E-state index < -0.39 is 0 Å². The molecule has 26 heavy (non-hydrogen) atoms. The number of amides is 1. The molecule has 0 saturated heterocycles. The van der Waals surface area contributed by atoms with E-state index in [2.05, 4.69) is 38.7 Å². The Morgan fingerprint density at radius 1 is 1.15 bits per heavy atom. The zero-order valence-electron chi connectivity index (χ0n) is 14.9. The Labute approximate surface area is 152 Å². The third-order valence-electron chi connectivity index (χ3n) is 5.05. The number of aryl methyl sites for hydroxylation is 1. The first-order valence-electron chi connectivity index (χ1n) is 9.05. The lowest BCUT2D eigenvalue weighted by molar-refractivity contribution is -0.126. The highest BCUT2D eigenvalue weighted by molar-refractivity contribution is 5.82. The normalized spacial score (nSPS) is 17.2. The average Bonchev–Trinajstić information content (AvgIpc) is 3.07. The molecule has 134 valence electrons. The van der Waals surface area contributed by atoms with Crippen molar-refractivity contribution in [1.29, 1.82) is 0 Å². The minimum atomic E-state index is -0.0999. The number of benzene rings is 2. The zero-order chi connectivity index (χ0) is 17.9. The van der Waals surface area contributed by atoms with Crippen molar-refractivity contribution in [2.24, 2.45) is 0 Å². The third kappa shape index (κ3) is 3.32. The Morgan fingerprint density at radius 3 is 2.81 bits per heavy atom. The Kier molecular flexibility index (Phi) is 4.67. The van der Waals surface area contributed by atoms with Crippen LogP contribution in [0.5, 0.6) is 0 Å². The molecule has 0 aliphatic carbocycles. The molecule has 0 saturated carbocycles. The zero-order valence-corrected chi connectivity index (χ0v) is 14.9. The predicted octanol–water partition coefficient (Wildman–Crippen LogP) is 1.99. The van der Waals surface area contributed by atoms with Crippen LogP contribution in [0.25, 0.3) is 11.0 Å². The fourth-order valence-corrected chi connectivity index (χ4v) is 3.59. The van der Waals surface area contributed by atoms with Gasteiger partial charge in [0.15, 0.2) is 0 Å². The number of hydrogen-bond donors (Lipinski definition) is 1. The molecule has 0 fully saturated rings. The smallest absolute Gasteiger partial charge is 0.237 e. The van der Waals surface area contributed by atoms with Gasteiger partial charge in [-0.25, -0.2) is 4.68 Å². The number of nitrogens with one attached hydrogen (secondary N) is 1. The monoisotopic (exact) mass is 349 g/mol. The summed E-state index contributed by atoms with van der Waals surface area (Å²) in [6, 6.07) is 16.2. The van der Waals surface area contributed by atoms with Crippen LogP contribution < -0.4 is 5.32 Å². The number of para-hydroxylation sites is 1. The van der Waals surface area contributed by atoms with Gasteiger partial charge < -0.3 is 5.32 Å². The van der Waals surface area contributed by atoms with Gasteiger partial charge in [0.1, 0.15) is 5.52 Å². The van der Waals surface area contributed by atoms with E-state index in [0.717, 1.165) is 37.0 Å². The molecule has 1 N–H and O–H groups in total. The van der Waals surface area contributed by atoms with Gasteiger partial charge in [0, 0.05) is 19.6 Å². The summed E-state index contributed by atoms with van der Waals surface area (Å²) in [5, 5.41) is 11.4. The molecule has 0 spiro atoms. The molecule has 1 unspecified atom stereocenters. The largest absolute Gasteiger partial charge is 0.355 e. The van der Waals surface area contributed by atoms with Crippen molar-refractivity contribution in [3.05, 3.63) is 59.7 Å². The minimum absolute atomic E-state index is 0.0999. The number of aromatic nitrogens is 3. The van der Waals surface area contributed by atoms with Crippen LogP contribution in [0.1, 0.15) is 17.5 Å². The van der Waals surface area contributed by atoms with E-state index in [1.807, 2.05) is 42.1 Å². The molecule has 0 radical (unpaired) electrons. The lowest BCUT2D eigenvalue weighted by Gasteiger charge is -2.33. The Hall–Kier alpha value is -2.73. The third-order valence-corrected chi connectivity index (χ3v) is 5.05. The van der Waals surface area contributed by atoms with Crippen molar-refractivity contribution in [2.75, 3.05) is 13.6 Å². The number of fused-ring (bicyclic) bond motifs is 2. The van der Waals surface area contributed by atoms with E-state index in [1.54, 1.807) is 0 Å². The van der Waals surface area contributed by atoms with Crippen LogP contribution in [0.15, 0.2) is 48.5 Å². The molecule has 0 bridgehead atoms. The minimum Gasteiger partial charge on any atom is -0.355 e. The van der Waals surface area contributed by atoms with Crippen molar-refractivity contribution in [3.8, 4) is 0 Å². The maximum atomic E-state index is 12.6. The molecule has 6 heteroatoms. The number of carbonyl (C=O) groups is 1. The molecule has 2 heterocycles. The van der Waals surface area contributed by atoms with Crippen LogP contribution in [-0.4, -0.2) is 45.4 Å². The molecule has 1 aromatic heterocycles. The number of nitrogens with zero attached hydrogens (tertiary/aromatic N) is 4. The molecule has 1 atom stereocenters. The van der Waals surface area contributed by atoms with Gasteiger partial charge in [-0.15, -0.1) is 5.10 Å². The summed E-state index contributed by atoms with van der Waals surface area (Å²) >= 11 is 0. The summed E-state index contributed by atoms with van der Waals surface area (Å²) in [5.74, 6) is 0.102. The van der Waals surface area contributed by atoms with Crippen molar-refractivity contribution in [2.45, 2.75) is 32.0 Å². The van der Waals surface area contributed by atoms with Gasteiger partial charge >= 0.3 is 0 Å². The van der Waals surface area contributed by atoms with E-state index in [1.165, 1.54) is 11.1 Å². The van der Waals surface area contributed by atoms with Gasteiger partial charge in [0.25, 0.3) is 0 Å².